The van der Waals surface area contributed by atoms with E-state index in [0.29, 0.717) is 49.0 Å². The molecule has 0 radical (unpaired) electrons. The largest absolute Gasteiger partial charge is 0.495 e. The second kappa shape index (κ2) is 9.93. The van der Waals surface area contributed by atoms with Crippen molar-refractivity contribution in [3.63, 3.8) is 0 Å². The SMILES string of the molecule is CCOc1ccccc1OCCCC(=O)Nc1cc(Br)ccc1OC. The Hall–Kier alpha value is -2.21. The number of amides is 1. The average molecular weight is 408 g/mol. The Kier molecular flexibility index (Phi) is 7.60. The van der Waals surface area contributed by atoms with E-state index in [-0.39, 0.29) is 5.91 Å². The molecule has 1 amide bonds. The first-order chi connectivity index (χ1) is 12.1. The monoisotopic (exact) mass is 407 g/mol. The molecule has 1 N–H and O–H groups in total. The first-order valence-electron chi connectivity index (χ1n) is 8.12. The Morgan fingerprint density at radius 1 is 1.08 bits per heavy atom. The summed E-state index contributed by atoms with van der Waals surface area (Å²) in [5.41, 5.74) is 0.643. The van der Waals surface area contributed by atoms with E-state index < -0.39 is 0 Å². The summed E-state index contributed by atoms with van der Waals surface area (Å²) in [6.45, 7) is 2.95. The second-order valence-electron chi connectivity index (χ2n) is 5.22. The number of rotatable bonds is 9. The van der Waals surface area contributed by atoms with Crippen LogP contribution in [0.5, 0.6) is 17.2 Å². The van der Waals surface area contributed by atoms with Gasteiger partial charge < -0.3 is 19.5 Å². The van der Waals surface area contributed by atoms with Crippen molar-refractivity contribution in [3.05, 3.63) is 46.9 Å². The van der Waals surface area contributed by atoms with Gasteiger partial charge in [-0.25, -0.2) is 0 Å². The lowest BCUT2D eigenvalue weighted by Crippen LogP contribution is -2.13. The van der Waals surface area contributed by atoms with Crippen LogP contribution in [0.15, 0.2) is 46.9 Å². The van der Waals surface area contributed by atoms with E-state index in [0.717, 1.165) is 4.47 Å². The van der Waals surface area contributed by atoms with E-state index in [2.05, 4.69) is 21.2 Å². The fourth-order valence-electron chi connectivity index (χ4n) is 2.25. The van der Waals surface area contributed by atoms with Crippen LogP contribution >= 0.6 is 15.9 Å². The average Bonchev–Trinajstić information content (AvgIpc) is 2.60. The van der Waals surface area contributed by atoms with Crippen LogP contribution in [0.25, 0.3) is 0 Å². The minimum atomic E-state index is -0.0851. The number of carbonyl (C=O) groups is 1. The van der Waals surface area contributed by atoms with Crippen molar-refractivity contribution in [1.29, 1.82) is 0 Å². The number of hydrogen-bond donors (Lipinski definition) is 1. The van der Waals surface area contributed by atoms with Crippen LogP contribution in [0.1, 0.15) is 19.8 Å². The number of nitrogens with one attached hydrogen (secondary N) is 1. The molecule has 0 unspecified atom stereocenters. The Morgan fingerprint density at radius 3 is 2.48 bits per heavy atom. The molecular weight excluding hydrogens is 386 g/mol. The van der Waals surface area contributed by atoms with Gasteiger partial charge in [0.2, 0.25) is 5.91 Å². The molecule has 0 aliphatic rings. The molecule has 2 aromatic carbocycles. The maximum absolute atomic E-state index is 12.1. The van der Waals surface area contributed by atoms with Crippen molar-refractivity contribution < 1.29 is 19.0 Å². The van der Waals surface area contributed by atoms with E-state index >= 15 is 0 Å². The number of para-hydroxylation sites is 2. The third-order valence-corrected chi connectivity index (χ3v) is 3.88. The lowest BCUT2D eigenvalue weighted by atomic mass is 10.2. The summed E-state index contributed by atoms with van der Waals surface area (Å²) in [6.07, 6.45) is 0.953. The summed E-state index contributed by atoms with van der Waals surface area (Å²) in [6, 6.07) is 13.0. The molecule has 6 heteroatoms. The maximum Gasteiger partial charge on any atom is 0.224 e. The number of anilines is 1. The zero-order chi connectivity index (χ0) is 18.1. The highest BCUT2D eigenvalue weighted by molar-refractivity contribution is 9.10. The van der Waals surface area contributed by atoms with Crippen LogP contribution in [0.3, 0.4) is 0 Å². The molecule has 2 aromatic rings. The van der Waals surface area contributed by atoms with Gasteiger partial charge in [-0.1, -0.05) is 28.1 Å². The molecule has 2 rings (SSSR count). The van der Waals surface area contributed by atoms with Crippen molar-refractivity contribution in [2.24, 2.45) is 0 Å². The van der Waals surface area contributed by atoms with Gasteiger partial charge in [0.1, 0.15) is 5.75 Å². The third kappa shape index (κ3) is 5.98. The lowest BCUT2D eigenvalue weighted by Gasteiger charge is -2.12. The highest BCUT2D eigenvalue weighted by Gasteiger charge is 2.09. The van der Waals surface area contributed by atoms with Crippen molar-refractivity contribution >= 4 is 27.5 Å². The number of methoxy groups -OCH3 is 1. The summed E-state index contributed by atoms with van der Waals surface area (Å²) >= 11 is 3.39. The van der Waals surface area contributed by atoms with E-state index in [4.69, 9.17) is 14.2 Å². The molecule has 0 spiro atoms. The van der Waals surface area contributed by atoms with Crippen LogP contribution in [-0.4, -0.2) is 26.2 Å². The van der Waals surface area contributed by atoms with Crippen LogP contribution in [0, 0.1) is 0 Å². The molecule has 25 heavy (non-hydrogen) atoms. The highest BCUT2D eigenvalue weighted by Crippen LogP contribution is 2.28. The summed E-state index contributed by atoms with van der Waals surface area (Å²) in [5, 5.41) is 2.86. The van der Waals surface area contributed by atoms with Gasteiger partial charge in [0.15, 0.2) is 11.5 Å². The van der Waals surface area contributed by atoms with Gasteiger partial charge in [-0.05, 0) is 43.7 Å². The van der Waals surface area contributed by atoms with Crippen LogP contribution < -0.4 is 19.5 Å². The molecule has 5 nitrogen and oxygen atoms in total. The smallest absolute Gasteiger partial charge is 0.224 e. The third-order valence-electron chi connectivity index (χ3n) is 3.39. The summed E-state index contributed by atoms with van der Waals surface area (Å²) < 4.78 is 17.3. The standard InChI is InChI=1S/C19H22BrNO4/c1-3-24-17-7-4-5-8-18(17)25-12-6-9-19(22)21-15-13-14(20)10-11-16(15)23-2/h4-5,7-8,10-11,13H,3,6,9,12H2,1-2H3,(H,21,22). The molecule has 0 aliphatic carbocycles. The molecular formula is C19H22BrNO4. The Morgan fingerprint density at radius 2 is 1.80 bits per heavy atom. The topological polar surface area (TPSA) is 56.8 Å². The van der Waals surface area contributed by atoms with Crippen LogP contribution in [-0.2, 0) is 4.79 Å². The summed E-state index contributed by atoms with van der Waals surface area (Å²) in [5.74, 6) is 1.95. The molecule has 0 aromatic heterocycles. The molecule has 0 saturated heterocycles. The summed E-state index contributed by atoms with van der Waals surface area (Å²) in [4.78, 5) is 12.1. The number of ether oxygens (including phenoxy) is 3. The first-order valence-corrected chi connectivity index (χ1v) is 8.91. The molecule has 0 heterocycles. The van der Waals surface area contributed by atoms with Gasteiger partial charge >= 0.3 is 0 Å². The normalized spacial score (nSPS) is 10.2. The highest BCUT2D eigenvalue weighted by atomic mass is 79.9. The lowest BCUT2D eigenvalue weighted by molar-refractivity contribution is -0.116. The van der Waals surface area contributed by atoms with E-state index in [1.54, 1.807) is 13.2 Å². The second-order valence-corrected chi connectivity index (χ2v) is 6.14. The predicted molar refractivity (Wildman–Crippen MR) is 102 cm³/mol. The quantitative estimate of drug-likeness (QED) is 0.614. The Balaban J connectivity index is 1.81. The van der Waals surface area contributed by atoms with E-state index in [1.165, 1.54) is 0 Å². The minimum absolute atomic E-state index is 0.0851. The van der Waals surface area contributed by atoms with Crippen molar-refractivity contribution in [2.45, 2.75) is 19.8 Å². The first kappa shape index (κ1) is 19.1. The molecule has 134 valence electrons. The number of carbonyl (C=O) groups excluding carboxylic acids is 1. The number of benzene rings is 2. The maximum atomic E-state index is 12.1. The van der Waals surface area contributed by atoms with Gasteiger partial charge in [0.25, 0.3) is 0 Å². The Labute approximate surface area is 156 Å². The molecule has 0 bridgehead atoms. The fourth-order valence-corrected chi connectivity index (χ4v) is 2.61. The van der Waals surface area contributed by atoms with Crippen LogP contribution in [0.4, 0.5) is 5.69 Å². The van der Waals surface area contributed by atoms with Crippen molar-refractivity contribution in [3.8, 4) is 17.2 Å². The van der Waals surface area contributed by atoms with Gasteiger partial charge in [-0.15, -0.1) is 0 Å². The predicted octanol–water partition coefficient (Wildman–Crippen LogP) is 4.65. The van der Waals surface area contributed by atoms with Crippen molar-refractivity contribution in [2.75, 3.05) is 25.6 Å². The van der Waals surface area contributed by atoms with Gasteiger partial charge in [0, 0.05) is 10.9 Å². The van der Waals surface area contributed by atoms with E-state index in [9.17, 15) is 4.79 Å². The summed E-state index contributed by atoms with van der Waals surface area (Å²) in [7, 11) is 1.57. The molecule has 0 aliphatic heterocycles. The zero-order valence-corrected chi connectivity index (χ0v) is 16.0. The molecule has 0 saturated carbocycles. The van der Waals surface area contributed by atoms with Gasteiger partial charge in [0.05, 0.1) is 26.0 Å². The zero-order valence-electron chi connectivity index (χ0n) is 14.4. The molecule has 0 atom stereocenters. The van der Waals surface area contributed by atoms with E-state index in [1.807, 2.05) is 43.3 Å². The fraction of sp³-hybridized carbons (Fsp3) is 0.316. The number of hydrogen-bond acceptors (Lipinski definition) is 4. The molecule has 0 fully saturated rings. The number of halogens is 1. The van der Waals surface area contributed by atoms with Crippen LogP contribution in [0.2, 0.25) is 0 Å². The minimum Gasteiger partial charge on any atom is -0.495 e. The van der Waals surface area contributed by atoms with Crippen molar-refractivity contribution in [1.82, 2.24) is 0 Å². The van der Waals surface area contributed by atoms with Gasteiger partial charge in [-0.2, -0.15) is 0 Å². The van der Waals surface area contributed by atoms with Gasteiger partial charge in [-0.3, -0.25) is 4.79 Å². The Bertz CT molecular complexity index is 706.